The van der Waals surface area contributed by atoms with Crippen LogP contribution in [0.2, 0.25) is 0 Å². The molecule has 0 spiro atoms. The summed E-state index contributed by atoms with van der Waals surface area (Å²) in [5.41, 5.74) is 3.16. The number of fused-ring (bicyclic) bond motifs is 1. The number of aromatic nitrogens is 4. The molecule has 4 aromatic rings. The number of hydrazone groups is 1. The molecule has 140 valence electrons. The van der Waals surface area contributed by atoms with Gasteiger partial charge in [0.25, 0.3) is 0 Å². The summed E-state index contributed by atoms with van der Waals surface area (Å²) in [5, 5.41) is 24.9. The molecule has 4 rings (SSSR count). The van der Waals surface area contributed by atoms with Crippen molar-refractivity contribution in [2.24, 2.45) is 10.9 Å². The van der Waals surface area contributed by atoms with Crippen molar-refractivity contribution in [1.29, 1.82) is 0 Å². The molecule has 0 saturated carbocycles. The van der Waals surface area contributed by atoms with Crippen LogP contribution in [0.5, 0.6) is 5.75 Å². The van der Waals surface area contributed by atoms with Gasteiger partial charge in [-0.2, -0.15) is 5.10 Å². The zero-order chi connectivity index (χ0) is 19.7. The zero-order valence-electron chi connectivity index (χ0n) is 14.6. The molecule has 4 N–H and O–H groups in total. The number of hydrogen-bond acceptors (Lipinski definition) is 9. The Bertz CT molecular complexity index is 1210. The van der Waals surface area contributed by atoms with Crippen LogP contribution >= 0.6 is 15.9 Å². The number of hydrogen-bond donors (Lipinski definition) is 3. The van der Waals surface area contributed by atoms with E-state index in [2.05, 4.69) is 46.6 Å². The average Bonchev–Trinajstić information content (AvgIpc) is 3.14. The summed E-state index contributed by atoms with van der Waals surface area (Å²) in [4.78, 5) is 8.90. The number of phenols is 1. The number of nitrogens with two attached hydrogens (primary N) is 1. The van der Waals surface area contributed by atoms with E-state index < -0.39 is 0 Å². The molecule has 0 saturated heterocycles. The third-order valence-corrected chi connectivity index (χ3v) is 4.57. The minimum atomic E-state index is -0.00517. The lowest BCUT2D eigenvalue weighted by Crippen LogP contribution is -2.14. The minimum absolute atomic E-state index is 0.00517. The Morgan fingerprint density at radius 2 is 1.89 bits per heavy atom. The Morgan fingerprint density at radius 3 is 2.64 bits per heavy atom. The standard InChI is InChI=1S/C18H14BrN7O2/c1-9-4-2-3-5-12(9)21-16-15(22-17-18(23-16)26-28-25-17)14(24-20)11-8-10(19)6-7-13(11)27/h2-8,27H,20H2,1H3,(H,21,23,26). The molecule has 2 aromatic heterocycles. The van der Waals surface area contributed by atoms with Crippen LogP contribution in [0.3, 0.4) is 0 Å². The maximum absolute atomic E-state index is 10.3. The number of halogens is 1. The van der Waals surface area contributed by atoms with E-state index in [1.165, 1.54) is 6.07 Å². The first kappa shape index (κ1) is 17.9. The Hall–Kier alpha value is -3.53. The lowest BCUT2D eigenvalue weighted by atomic mass is 10.1. The fraction of sp³-hybridized carbons (Fsp3) is 0.0556. The topological polar surface area (TPSA) is 135 Å². The highest BCUT2D eigenvalue weighted by molar-refractivity contribution is 9.10. The monoisotopic (exact) mass is 439 g/mol. The van der Waals surface area contributed by atoms with Gasteiger partial charge >= 0.3 is 0 Å². The lowest BCUT2D eigenvalue weighted by Gasteiger charge is -2.14. The van der Waals surface area contributed by atoms with Gasteiger partial charge in [-0.1, -0.05) is 34.1 Å². The van der Waals surface area contributed by atoms with E-state index in [0.717, 1.165) is 15.7 Å². The van der Waals surface area contributed by atoms with Crippen molar-refractivity contribution in [2.75, 3.05) is 5.32 Å². The van der Waals surface area contributed by atoms with Crippen LogP contribution in [-0.2, 0) is 0 Å². The van der Waals surface area contributed by atoms with Crippen molar-refractivity contribution in [3.05, 3.63) is 63.8 Å². The first-order valence-electron chi connectivity index (χ1n) is 8.17. The van der Waals surface area contributed by atoms with E-state index in [4.69, 9.17) is 10.5 Å². The molecule has 0 amide bonds. The molecule has 0 aliphatic rings. The summed E-state index contributed by atoms with van der Waals surface area (Å²) >= 11 is 3.39. The molecule has 2 aromatic carbocycles. The third-order valence-electron chi connectivity index (χ3n) is 4.08. The Kier molecular flexibility index (Phi) is 4.62. The van der Waals surface area contributed by atoms with Crippen molar-refractivity contribution >= 4 is 44.4 Å². The smallest absolute Gasteiger partial charge is 0.245 e. The van der Waals surface area contributed by atoms with Crippen molar-refractivity contribution in [3.63, 3.8) is 0 Å². The molecule has 0 bridgehead atoms. The molecule has 0 aliphatic heterocycles. The molecule has 0 atom stereocenters. The number of aromatic hydroxyl groups is 1. The van der Waals surface area contributed by atoms with Crippen LogP contribution in [-0.4, -0.2) is 31.1 Å². The second kappa shape index (κ2) is 7.24. The maximum atomic E-state index is 10.3. The van der Waals surface area contributed by atoms with Gasteiger partial charge in [0, 0.05) is 15.7 Å². The summed E-state index contributed by atoms with van der Waals surface area (Å²) in [6, 6.07) is 12.6. The predicted octanol–water partition coefficient (Wildman–Crippen LogP) is 3.24. The van der Waals surface area contributed by atoms with Crippen LogP contribution in [0.1, 0.15) is 16.8 Å². The number of nitrogens with zero attached hydrogens (tertiary/aromatic N) is 5. The summed E-state index contributed by atoms with van der Waals surface area (Å²) in [6.07, 6.45) is 0. The first-order chi connectivity index (χ1) is 13.6. The van der Waals surface area contributed by atoms with Gasteiger partial charge in [0.15, 0.2) is 5.82 Å². The number of aryl methyl sites for hydroxylation is 1. The Labute approximate surface area is 167 Å². The summed E-state index contributed by atoms with van der Waals surface area (Å²) < 4.78 is 5.47. The quantitative estimate of drug-likeness (QED) is 0.250. The molecule has 0 aliphatic carbocycles. The second-order valence-corrected chi connectivity index (χ2v) is 6.83. The minimum Gasteiger partial charge on any atom is -0.507 e. The number of benzene rings is 2. The number of rotatable bonds is 4. The highest BCUT2D eigenvalue weighted by Crippen LogP contribution is 2.29. The lowest BCUT2D eigenvalue weighted by molar-refractivity contribution is 0.314. The third kappa shape index (κ3) is 3.25. The van der Waals surface area contributed by atoms with Crippen LogP contribution in [0.15, 0.2) is 56.7 Å². The van der Waals surface area contributed by atoms with E-state index in [-0.39, 0.29) is 22.8 Å². The van der Waals surface area contributed by atoms with Gasteiger partial charge in [-0.15, -0.1) is 0 Å². The summed E-state index contributed by atoms with van der Waals surface area (Å²) in [7, 11) is 0. The molecule has 0 unspecified atom stereocenters. The molecule has 0 radical (unpaired) electrons. The van der Waals surface area contributed by atoms with E-state index in [1.54, 1.807) is 12.1 Å². The van der Waals surface area contributed by atoms with Crippen LogP contribution in [0.25, 0.3) is 11.3 Å². The van der Waals surface area contributed by atoms with Gasteiger partial charge in [-0.3, -0.25) is 0 Å². The van der Waals surface area contributed by atoms with Crippen LogP contribution < -0.4 is 11.2 Å². The van der Waals surface area contributed by atoms with Crippen LogP contribution in [0, 0.1) is 6.92 Å². The zero-order valence-corrected chi connectivity index (χ0v) is 16.2. The fourth-order valence-electron chi connectivity index (χ4n) is 2.69. The van der Waals surface area contributed by atoms with E-state index in [0.29, 0.717) is 17.1 Å². The van der Waals surface area contributed by atoms with Gasteiger partial charge in [0.05, 0.1) is 0 Å². The van der Waals surface area contributed by atoms with E-state index >= 15 is 0 Å². The number of nitrogens with one attached hydrogen (secondary N) is 1. The van der Waals surface area contributed by atoms with Gasteiger partial charge in [-0.25, -0.2) is 14.6 Å². The Balaban J connectivity index is 1.91. The van der Waals surface area contributed by atoms with Crippen LogP contribution in [0.4, 0.5) is 11.5 Å². The largest absolute Gasteiger partial charge is 0.507 e. The summed E-state index contributed by atoms with van der Waals surface area (Å²) in [5.74, 6) is 6.02. The second-order valence-electron chi connectivity index (χ2n) is 5.91. The molecule has 2 heterocycles. The van der Waals surface area contributed by atoms with Gasteiger partial charge < -0.3 is 16.3 Å². The number of para-hydroxylation sites is 1. The van der Waals surface area contributed by atoms with E-state index in [9.17, 15) is 5.11 Å². The highest BCUT2D eigenvalue weighted by Gasteiger charge is 2.22. The van der Waals surface area contributed by atoms with Gasteiger partial charge in [-0.05, 0) is 47.1 Å². The number of phenolic OH excluding ortho intramolecular Hbond substituents is 1. The number of anilines is 2. The maximum Gasteiger partial charge on any atom is 0.245 e. The van der Waals surface area contributed by atoms with Gasteiger partial charge in [0.2, 0.25) is 11.3 Å². The first-order valence-corrected chi connectivity index (χ1v) is 8.96. The van der Waals surface area contributed by atoms with Gasteiger partial charge in [0.1, 0.15) is 17.2 Å². The molecular weight excluding hydrogens is 426 g/mol. The molecular formula is C18H14BrN7O2. The van der Waals surface area contributed by atoms with Crippen molar-refractivity contribution in [2.45, 2.75) is 6.92 Å². The fourth-order valence-corrected chi connectivity index (χ4v) is 3.05. The highest BCUT2D eigenvalue weighted by atomic mass is 79.9. The average molecular weight is 440 g/mol. The molecule has 28 heavy (non-hydrogen) atoms. The predicted molar refractivity (Wildman–Crippen MR) is 107 cm³/mol. The molecule has 9 nitrogen and oxygen atoms in total. The molecule has 10 heteroatoms. The normalized spacial score (nSPS) is 11.7. The van der Waals surface area contributed by atoms with Crippen molar-refractivity contribution in [3.8, 4) is 5.75 Å². The van der Waals surface area contributed by atoms with E-state index in [1.807, 2.05) is 31.2 Å². The molecule has 0 fully saturated rings. The SMILES string of the molecule is Cc1ccccc1Nc1nc2nonc2nc1C(=NN)c1cc(Br)ccc1O. The summed E-state index contributed by atoms with van der Waals surface area (Å²) in [6.45, 7) is 1.96. The van der Waals surface area contributed by atoms with Crippen molar-refractivity contribution in [1.82, 2.24) is 20.3 Å². The Morgan fingerprint density at radius 1 is 1.14 bits per heavy atom. The van der Waals surface area contributed by atoms with Crippen molar-refractivity contribution < 1.29 is 9.74 Å².